The maximum atomic E-state index is 13.8. The van der Waals surface area contributed by atoms with E-state index in [4.69, 9.17) is 16.3 Å². The Labute approximate surface area is 203 Å². The minimum absolute atomic E-state index is 0.124. The van der Waals surface area contributed by atoms with Crippen molar-refractivity contribution >= 4 is 40.4 Å². The smallest absolute Gasteiger partial charge is 0.248 e. The molecule has 1 aliphatic carbocycles. The molecular weight excluding hydrogens is 456 g/mol. The summed E-state index contributed by atoms with van der Waals surface area (Å²) in [6.07, 6.45) is 4.30. The van der Waals surface area contributed by atoms with Gasteiger partial charge in [0.25, 0.3) is 0 Å². The van der Waals surface area contributed by atoms with E-state index in [0.717, 1.165) is 30.6 Å². The van der Waals surface area contributed by atoms with Crippen LogP contribution in [-0.2, 0) is 16.0 Å². The fourth-order valence-corrected chi connectivity index (χ4v) is 5.13. The number of methoxy groups -OCH3 is 1. The molecule has 7 heteroatoms. The van der Waals surface area contributed by atoms with Crippen LogP contribution in [0.2, 0.25) is 5.02 Å². The molecule has 5 nitrogen and oxygen atoms in total. The van der Waals surface area contributed by atoms with Crippen LogP contribution in [0.3, 0.4) is 0 Å². The number of para-hydroxylation sites is 2. The van der Waals surface area contributed by atoms with Crippen LogP contribution in [0.15, 0.2) is 66.0 Å². The number of anilines is 1. The van der Waals surface area contributed by atoms with Gasteiger partial charge >= 0.3 is 0 Å². The van der Waals surface area contributed by atoms with Crippen LogP contribution in [0.1, 0.15) is 42.2 Å². The Morgan fingerprint density at radius 2 is 1.82 bits per heavy atom. The van der Waals surface area contributed by atoms with Crippen molar-refractivity contribution in [1.29, 1.82) is 0 Å². The number of carbonyl (C=O) groups is 2. The van der Waals surface area contributed by atoms with Crippen LogP contribution in [0.25, 0.3) is 0 Å². The zero-order valence-corrected chi connectivity index (χ0v) is 20.1. The van der Waals surface area contributed by atoms with Gasteiger partial charge in [-0.25, -0.2) is 0 Å². The predicted molar refractivity (Wildman–Crippen MR) is 133 cm³/mol. The number of amides is 2. The standard InChI is InChI=1S/C26H27ClN2O3S/c1-32-23-11-5-4-10-22(23)29(24(30)17-21-9-6-16-33-21)25(18-12-14-19(27)15-13-18)26(31)28-20-7-2-3-8-20/h4-6,9-16,20,25H,2-3,7-8,17H2,1H3,(H,28,31). The van der Waals surface area contributed by atoms with Gasteiger partial charge in [0, 0.05) is 15.9 Å². The number of rotatable bonds is 8. The topological polar surface area (TPSA) is 58.6 Å². The fraction of sp³-hybridized carbons (Fsp3) is 0.308. The van der Waals surface area contributed by atoms with Gasteiger partial charge in [-0.2, -0.15) is 0 Å². The molecule has 33 heavy (non-hydrogen) atoms. The molecule has 0 radical (unpaired) electrons. The van der Waals surface area contributed by atoms with Crippen LogP contribution in [0.4, 0.5) is 5.69 Å². The highest BCUT2D eigenvalue weighted by Gasteiger charge is 2.35. The molecular formula is C26H27ClN2O3S. The third-order valence-electron chi connectivity index (χ3n) is 5.91. The predicted octanol–water partition coefficient (Wildman–Crippen LogP) is 5.79. The summed E-state index contributed by atoms with van der Waals surface area (Å²) in [5.74, 6) is 0.155. The molecule has 3 aromatic rings. The lowest BCUT2D eigenvalue weighted by atomic mass is 10.0. The molecule has 172 valence electrons. The minimum atomic E-state index is -0.855. The van der Waals surface area contributed by atoms with Crippen LogP contribution < -0.4 is 15.0 Å². The van der Waals surface area contributed by atoms with Gasteiger partial charge in [-0.3, -0.25) is 14.5 Å². The molecule has 2 amide bonds. The Bertz CT molecular complexity index is 1080. The Morgan fingerprint density at radius 1 is 1.09 bits per heavy atom. The molecule has 1 unspecified atom stereocenters. The van der Waals surface area contributed by atoms with Crippen molar-refractivity contribution in [1.82, 2.24) is 5.32 Å². The third kappa shape index (κ3) is 5.57. The molecule has 1 aliphatic rings. The number of nitrogens with zero attached hydrogens (tertiary/aromatic N) is 1. The normalized spacial score (nSPS) is 14.6. The van der Waals surface area contributed by atoms with Gasteiger partial charge in [0.05, 0.1) is 19.2 Å². The molecule has 1 atom stereocenters. The Morgan fingerprint density at radius 3 is 2.48 bits per heavy atom. The van der Waals surface area contributed by atoms with E-state index in [1.165, 1.54) is 11.3 Å². The number of hydrogen-bond acceptors (Lipinski definition) is 4. The number of benzene rings is 2. The van der Waals surface area contributed by atoms with Crippen molar-refractivity contribution in [3.63, 3.8) is 0 Å². The summed E-state index contributed by atoms with van der Waals surface area (Å²) in [4.78, 5) is 30.0. The third-order valence-corrected chi connectivity index (χ3v) is 7.04. The highest BCUT2D eigenvalue weighted by atomic mass is 35.5. The van der Waals surface area contributed by atoms with E-state index in [1.807, 2.05) is 47.8 Å². The van der Waals surface area contributed by atoms with Crippen LogP contribution in [0.5, 0.6) is 5.75 Å². The largest absolute Gasteiger partial charge is 0.495 e. The number of hydrogen-bond donors (Lipinski definition) is 1. The van der Waals surface area contributed by atoms with Gasteiger partial charge in [0.2, 0.25) is 11.8 Å². The monoisotopic (exact) mass is 482 g/mol. The lowest BCUT2D eigenvalue weighted by Gasteiger charge is -2.33. The first-order chi connectivity index (χ1) is 16.1. The highest BCUT2D eigenvalue weighted by molar-refractivity contribution is 7.10. The van der Waals surface area contributed by atoms with Crippen molar-refractivity contribution in [2.45, 2.75) is 44.2 Å². The molecule has 1 N–H and O–H groups in total. The molecule has 1 saturated carbocycles. The van der Waals surface area contributed by atoms with Gasteiger partial charge < -0.3 is 10.1 Å². The van der Waals surface area contributed by atoms with E-state index in [1.54, 1.807) is 30.2 Å². The lowest BCUT2D eigenvalue weighted by Crippen LogP contribution is -2.47. The summed E-state index contributed by atoms with van der Waals surface area (Å²) >= 11 is 7.66. The maximum absolute atomic E-state index is 13.8. The molecule has 0 saturated heterocycles. The first-order valence-corrected chi connectivity index (χ1v) is 12.4. The average molecular weight is 483 g/mol. The summed E-state index contributed by atoms with van der Waals surface area (Å²) < 4.78 is 5.59. The molecule has 1 fully saturated rings. The van der Waals surface area contributed by atoms with E-state index in [2.05, 4.69) is 5.32 Å². The number of thiophene rings is 1. The van der Waals surface area contributed by atoms with Crippen LogP contribution in [-0.4, -0.2) is 25.0 Å². The average Bonchev–Trinajstić information content (AvgIpc) is 3.52. The Balaban J connectivity index is 1.79. The van der Waals surface area contributed by atoms with Gasteiger partial charge in [-0.1, -0.05) is 54.8 Å². The van der Waals surface area contributed by atoms with Gasteiger partial charge in [0.1, 0.15) is 11.8 Å². The van der Waals surface area contributed by atoms with E-state index in [0.29, 0.717) is 22.0 Å². The number of halogens is 1. The van der Waals surface area contributed by atoms with Gasteiger partial charge in [-0.05, 0) is 54.1 Å². The van der Waals surface area contributed by atoms with Crippen molar-refractivity contribution in [2.75, 3.05) is 12.0 Å². The maximum Gasteiger partial charge on any atom is 0.248 e. The Kier molecular flexibility index (Phi) is 7.68. The minimum Gasteiger partial charge on any atom is -0.495 e. The molecule has 1 heterocycles. The quantitative estimate of drug-likeness (QED) is 0.442. The fourth-order valence-electron chi connectivity index (χ4n) is 4.31. The van der Waals surface area contributed by atoms with Crippen LogP contribution >= 0.6 is 22.9 Å². The summed E-state index contributed by atoms with van der Waals surface area (Å²) in [6, 6.07) is 17.5. The van der Waals surface area contributed by atoms with Crippen molar-refractivity contribution in [3.8, 4) is 5.75 Å². The number of carbonyl (C=O) groups excluding carboxylic acids is 2. The van der Waals surface area contributed by atoms with Gasteiger partial charge in [-0.15, -0.1) is 11.3 Å². The van der Waals surface area contributed by atoms with Crippen molar-refractivity contribution < 1.29 is 14.3 Å². The number of nitrogens with one attached hydrogen (secondary N) is 1. The zero-order valence-electron chi connectivity index (χ0n) is 18.5. The SMILES string of the molecule is COc1ccccc1N(C(=O)Cc1cccs1)C(C(=O)NC1CCCC1)c1ccc(Cl)cc1. The second-order valence-corrected chi connectivity index (χ2v) is 9.60. The highest BCUT2D eigenvalue weighted by Crippen LogP contribution is 2.36. The second-order valence-electron chi connectivity index (χ2n) is 8.14. The summed E-state index contributed by atoms with van der Waals surface area (Å²) in [5, 5.41) is 5.71. The van der Waals surface area contributed by atoms with E-state index in [9.17, 15) is 9.59 Å². The zero-order chi connectivity index (χ0) is 23.2. The van der Waals surface area contributed by atoms with E-state index in [-0.39, 0.29) is 24.3 Å². The van der Waals surface area contributed by atoms with E-state index >= 15 is 0 Å². The second kappa shape index (κ2) is 10.9. The Hall–Kier alpha value is -2.83. The first-order valence-electron chi connectivity index (χ1n) is 11.1. The van der Waals surface area contributed by atoms with Crippen LogP contribution in [0, 0.1) is 0 Å². The summed E-state index contributed by atoms with van der Waals surface area (Å²) in [7, 11) is 1.57. The molecule has 4 rings (SSSR count). The number of ether oxygens (including phenoxy) is 1. The molecule has 0 spiro atoms. The molecule has 1 aromatic heterocycles. The first kappa shape index (κ1) is 23.3. The molecule has 2 aromatic carbocycles. The van der Waals surface area contributed by atoms with E-state index < -0.39 is 6.04 Å². The van der Waals surface area contributed by atoms with Crippen molar-refractivity contribution in [3.05, 3.63) is 81.5 Å². The summed E-state index contributed by atoms with van der Waals surface area (Å²) in [6.45, 7) is 0. The summed E-state index contributed by atoms with van der Waals surface area (Å²) in [5.41, 5.74) is 1.25. The van der Waals surface area contributed by atoms with Crippen molar-refractivity contribution in [2.24, 2.45) is 0 Å². The lowest BCUT2D eigenvalue weighted by molar-refractivity contribution is -0.127. The molecule has 0 bridgehead atoms. The van der Waals surface area contributed by atoms with Gasteiger partial charge in [0.15, 0.2) is 0 Å². The molecule has 0 aliphatic heterocycles.